The van der Waals surface area contributed by atoms with E-state index in [-0.39, 0.29) is 12.6 Å². The summed E-state index contributed by atoms with van der Waals surface area (Å²) >= 11 is 0. The molecule has 1 unspecified atom stereocenters. The van der Waals surface area contributed by atoms with Crippen LogP contribution in [0.1, 0.15) is 20.3 Å². The van der Waals surface area contributed by atoms with Crippen LogP contribution in [-0.4, -0.2) is 37.8 Å². The molecule has 6 nitrogen and oxygen atoms in total. The van der Waals surface area contributed by atoms with Gasteiger partial charge in [-0.25, -0.2) is 13.1 Å². The standard InChI is InChI=1S/C8H18N2O4S/c1-6(2)3-7(9)4-10-15(13,14)5-8(11)12/h6-7,10H,3-5,9H2,1-2H3,(H,11,12). The molecule has 0 fully saturated rings. The zero-order valence-corrected chi connectivity index (χ0v) is 9.75. The zero-order chi connectivity index (χ0) is 12.1. The van der Waals surface area contributed by atoms with Gasteiger partial charge in [0.1, 0.15) is 0 Å². The molecule has 90 valence electrons. The van der Waals surface area contributed by atoms with Crippen LogP contribution < -0.4 is 10.5 Å². The molecular formula is C8H18N2O4S. The minimum absolute atomic E-state index is 0.0772. The largest absolute Gasteiger partial charge is 0.480 e. The first-order chi connectivity index (χ1) is 6.73. The van der Waals surface area contributed by atoms with Crippen molar-refractivity contribution in [2.45, 2.75) is 26.3 Å². The highest BCUT2D eigenvalue weighted by Gasteiger charge is 2.16. The smallest absolute Gasteiger partial charge is 0.320 e. The average molecular weight is 238 g/mol. The predicted molar refractivity (Wildman–Crippen MR) is 56.9 cm³/mol. The summed E-state index contributed by atoms with van der Waals surface area (Å²) in [6.07, 6.45) is 0.690. The van der Waals surface area contributed by atoms with Crippen molar-refractivity contribution in [3.05, 3.63) is 0 Å². The van der Waals surface area contributed by atoms with Crippen LogP contribution in [0.3, 0.4) is 0 Å². The van der Waals surface area contributed by atoms with Crippen LogP contribution in [0.15, 0.2) is 0 Å². The van der Waals surface area contributed by atoms with Crippen molar-refractivity contribution in [1.29, 1.82) is 0 Å². The first kappa shape index (κ1) is 14.3. The van der Waals surface area contributed by atoms with Crippen LogP contribution in [0, 0.1) is 5.92 Å². The lowest BCUT2D eigenvalue weighted by Crippen LogP contribution is -2.40. The van der Waals surface area contributed by atoms with Gasteiger partial charge in [0.2, 0.25) is 10.0 Å². The third-order valence-corrected chi connectivity index (χ3v) is 2.89. The summed E-state index contributed by atoms with van der Waals surface area (Å²) in [5.41, 5.74) is 5.64. The topological polar surface area (TPSA) is 109 Å². The molecule has 0 aliphatic carbocycles. The van der Waals surface area contributed by atoms with E-state index in [1.165, 1.54) is 0 Å². The van der Waals surface area contributed by atoms with Crippen molar-refractivity contribution >= 4 is 16.0 Å². The quantitative estimate of drug-likeness (QED) is 0.546. The first-order valence-electron chi connectivity index (χ1n) is 4.67. The maximum Gasteiger partial charge on any atom is 0.320 e. The number of carboxylic acid groups (broad SMARTS) is 1. The number of hydrogen-bond donors (Lipinski definition) is 3. The van der Waals surface area contributed by atoms with Crippen LogP contribution in [-0.2, 0) is 14.8 Å². The third-order valence-electron chi connectivity index (χ3n) is 1.65. The number of hydrogen-bond acceptors (Lipinski definition) is 4. The van der Waals surface area contributed by atoms with E-state index in [2.05, 4.69) is 4.72 Å². The lowest BCUT2D eigenvalue weighted by molar-refractivity contribution is -0.134. The summed E-state index contributed by atoms with van der Waals surface area (Å²) in [6.45, 7) is 4.03. The van der Waals surface area contributed by atoms with Crippen LogP contribution >= 0.6 is 0 Å². The lowest BCUT2D eigenvalue weighted by atomic mass is 10.1. The van der Waals surface area contributed by atoms with E-state index in [4.69, 9.17) is 10.8 Å². The van der Waals surface area contributed by atoms with E-state index < -0.39 is 21.7 Å². The van der Waals surface area contributed by atoms with Gasteiger partial charge >= 0.3 is 5.97 Å². The van der Waals surface area contributed by atoms with Gasteiger partial charge in [0.05, 0.1) is 0 Å². The van der Waals surface area contributed by atoms with Gasteiger partial charge < -0.3 is 10.8 Å². The average Bonchev–Trinajstić information content (AvgIpc) is 1.97. The van der Waals surface area contributed by atoms with Crippen LogP contribution in [0.5, 0.6) is 0 Å². The second-order valence-electron chi connectivity index (χ2n) is 3.89. The van der Waals surface area contributed by atoms with Crippen molar-refractivity contribution in [3.8, 4) is 0 Å². The molecule has 0 saturated carbocycles. The molecule has 0 spiro atoms. The Bertz CT molecular complexity index is 300. The minimum Gasteiger partial charge on any atom is -0.480 e. The van der Waals surface area contributed by atoms with E-state index >= 15 is 0 Å². The molecule has 0 radical (unpaired) electrons. The Kier molecular flexibility index (Phi) is 5.77. The number of carbonyl (C=O) groups is 1. The number of carboxylic acids is 1. The van der Waals surface area contributed by atoms with Crippen molar-refractivity contribution < 1.29 is 18.3 Å². The highest BCUT2D eigenvalue weighted by Crippen LogP contribution is 2.01. The maximum absolute atomic E-state index is 11.1. The van der Waals surface area contributed by atoms with Gasteiger partial charge in [-0.3, -0.25) is 4.79 Å². The molecule has 0 amide bonds. The van der Waals surface area contributed by atoms with Gasteiger partial charge in [-0.05, 0) is 12.3 Å². The molecule has 7 heteroatoms. The van der Waals surface area contributed by atoms with Gasteiger partial charge in [-0.2, -0.15) is 0 Å². The van der Waals surface area contributed by atoms with Gasteiger partial charge in [0.25, 0.3) is 0 Å². The molecule has 0 aliphatic heterocycles. The van der Waals surface area contributed by atoms with Crippen molar-refractivity contribution in [2.75, 3.05) is 12.3 Å². The summed E-state index contributed by atoms with van der Waals surface area (Å²) in [6, 6.07) is -0.284. The molecule has 0 aromatic rings. The Hall–Kier alpha value is -0.660. The number of nitrogens with one attached hydrogen (secondary N) is 1. The molecule has 0 aromatic carbocycles. The fraction of sp³-hybridized carbons (Fsp3) is 0.875. The van der Waals surface area contributed by atoms with Gasteiger partial charge in [-0.1, -0.05) is 13.8 Å². The Morgan fingerprint density at radius 3 is 2.40 bits per heavy atom. The van der Waals surface area contributed by atoms with Crippen LogP contribution in [0.2, 0.25) is 0 Å². The molecule has 0 saturated heterocycles. The molecule has 0 heterocycles. The van der Waals surface area contributed by atoms with Gasteiger partial charge in [-0.15, -0.1) is 0 Å². The lowest BCUT2D eigenvalue weighted by Gasteiger charge is -2.14. The molecule has 15 heavy (non-hydrogen) atoms. The SMILES string of the molecule is CC(C)CC(N)CNS(=O)(=O)CC(=O)O. The van der Waals surface area contributed by atoms with Crippen LogP contribution in [0.25, 0.3) is 0 Å². The van der Waals surface area contributed by atoms with Gasteiger partial charge in [0.15, 0.2) is 5.75 Å². The Balaban J connectivity index is 3.99. The Morgan fingerprint density at radius 1 is 1.47 bits per heavy atom. The fourth-order valence-electron chi connectivity index (χ4n) is 1.14. The normalized spacial score (nSPS) is 14.1. The Labute approximate surface area is 89.9 Å². The van der Waals surface area contributed by atoms with E-state index in [9.17, 15) is 13.2 Å². The van der Waals surface area contributed by atoms with E-state index in [1.807, 2.05) is 13.8 Å². The molecule has 1 atom stereocenters. The summed E-state index contributed by atoms with van der Waals surface area (Å²) < 4.78 is 24.3. The van der Waals surface area contributed by atoms with Gasteiger partial charge in [0, 0.05) is 12.6 Å². The molecular weight excluding hydrogens is 220 g/mol. The summed E-state index contributed by atoms with van der Waals surface area (Å²) in [5, 5.41) is 8.31. The summed E-state index contributed by atoms with van der Waals surface area (Å²) in [7, 11) is -3.74. The second-order valence-corrected chi connectivity index (χ2v) is 5.70. The maximum atomic E-state index is 11.1. The van der Waals surface area contributed by atoms with E-state index in [0.717, 1.165) is 0 Å². The highest BCUT2D eigenvalue weighted by molar-refractivity contribution is 7.90. The number of sulfonamides is 1. The highest BCUT2D eigenvalue weighted by atomic mass is 32.2. The minimum atomic E-state index is -3.74. The number of nitrogens with two attached hydrogens (primary N) is 1. The molecule has 0 aliphatic rings. The second kappa shape index (κ2) is 6.04. The van der Waals surface area contributed by atoms with E-state index in [0.29, 0.717) is 12.3 Å². The molecule has 0 aromatic heterocycles. The zero-order valence-electron chi connectivity index (χ0n) is 8.93. The van der Waals surface area contributed by atoms with Crippen molar-refractivity contribution in [1.82, 2.24) is 4.72 Å². The molecule has 0 bridgehead atoms. The first-order valence-corrected chi connectivity index (χ1v) is 6.33. The summed E-state index contributed by atoms with van der Waals surface area (Å²) in [5.74, 6) is -1.91. The monoisotopic (exact) mass is 238 g/mol. The van der Waals surface area contributed by atoms with Crippen molar-refractivity contribution in [3.63, 3.8) is 0 Å². The van der Waals surface area contributed by atoms with Crippen LogP contribution in [0.4, 0.5) is 0 Å². The Morgan fingerprint density at radius 2 is 2.00 bits per heavy atom. The third kappa shape index (κ3) is 8.34. The number of aliphatic carboxylic acids is 1. The number of rotatable bonds is 7. The predicted octanol–water partition coefficient (Wildman–Crippen LogP) is -0.636. The van der Waals surface area contributed by atoms with E-state index in [1.54, 1.807) is 0 Å². The summed E-state index contributed by atoms with van der Waals surface area (Å²) in [4.78, 5) is 10.2. The fourth-order valence-corrected chi connectivity index (χ4v) is 2.03. The van der Waals surface area contributed by atoms with Crippen molar-refractivity contribution in [2.24, 2.45) is 11.7 Å². The molecule has 0 rings (SSSR count). The molecule has 4 N–H and O–H groups in total.